The van der Waals surface area contributed by atoms with E-state index in [1.165, 1.54) is 0 Å². The zero-order valence-corrected chi connectivity index (χ0v) is 21.0. The molecule has 6 rings (SSSR count). The number of piperazine rings is 1. The highest BCUT2D eigenvalue weighted by molar-refractivity contribution is 6.04. The number of nitrogens with one attached hydrogen (secondary N) is 1. The number of benzene rings is 3. The fraction of sp³-hybridized carbons (Fsp3) is 0.133. The predicted octanol–water partition coefficient (Wildman–Crippen LogP) is 4.54. The minimum absolute atomic E-state index is 0.224. The molecule has 1 N–H and O–H groups in total. The van der Waals surface area contributed by atoms with Crippen molar-refractivity contribution in [2.75, 3.05) is 41.3 Å². The van der Waals surface area contributed by atoms with Gasteiger partial charge < -0.3 is 15.1 Å². The van der Waals surface area contributed by atoms with Gasteiger partial charge in [0.15, 0.2) is 0 Å². The van der Waals surface area contributed by atoms with Crippen LogP contribution in [0.5, 0.6) is 0 Å². The first-order valence-electron chi connectivity index (χ1n) is 12.6. The van der Waals surface area contributed by atoms with E-state index >= 15 is 0 Å². The lowest BCUT2D eigenvalue weighted by Gasteiger charge is -2.35. The maximum absolute atomic E-state index is 12.5. The number of fused-ring (bicyclic) bond motifs is 1. The first kappa shape index (κ1) is 24.0. The molecule has 190 valence electrons. The third-order valence-corrected chi connectivity index (χ3v) is 6.75. The summed E-state index contributed by atoms with van der Waals surface area (Å²) < 4.78 is 0. The van der Waals surface area contributed by atoms with Gasteiger partial charge in [0.1, 0.15) is 11.6 Å². The number of amides is 1. The SMILES string of the molecule is N#Cc1cc(NC(=O)c2ccccc2)ccc1-c1ccc2ncc(N3CCN(c4cnccn4)CC3)nc2c1. The fourth-order valence-corrected chi connectivity index (χ4v) is 4.70. The second kappa shape index (κ2) is 10.6. The molecule has 3 heterocycles. The molecule has 0 aliphatic carbocycles. The summed E-state index contributed by atoms with van der Waals surface area (Å²) in [4.78, 5) is 35.1. The summed E-state index contributed by atoms with van der Waals surface area (Å²) in [5.74, 6) is 1.47. The van der Waals surface area contributed by atoms with Gasteiger partial charge in [-0.2, -0.15) is 5.26 Å². The van der Waals surface area contributed by atoms with E-state index in [1.54, 1.807) is 42.9 Å². The van der Waals surface area contributed by atoms with Crippen LogP contribution in [0.4, 0.5) is 17.3 Å². The van der Waals surface area contributed by atoms with Crippen LogP contribution in [0.15, 0.2) is 91.5 Å². The van der Waals surface area contributed by atoms with Crippen molar-refractivity contribution in [3.8, 4) is 17.2 Å². The Hall–Kier alpha value is -5.36. The quantitative estimate of drug-likeness (QED) is 0.366. The van der Waals surface area contributed by atoms with Crippen molar-refractivity contribution in [3.05, 3.63) is 103 Å². The predicted molar refractivity (Wildman–Crippen MR) is 151 cm³/mol. The Morgan fingerprint density at radius 3 is 2.36 bits per heavy atom. The van der Waals surface area contributed by atoms with Gasteiger partial charge in [-0.25, -0.2) is 9.97 Å². The summed E-state index contributed by atoms with van der Waals surface area (Å²) in [6.07, 6.45) is 6.98. The van der Waals surface area contributed by atoms with Crippen LogP contribution < -0.4 is 15.1 Å². The number of anilines is 3. The number of rotatable bonds is 5. The topological polar surface area (TPSA) is 111 Å². The fourth-order valence-electron chi connectivity index (χ4n) is 4.70. The van der Waals surface area contributed by atoms with Gasteiger partial charge in [-0.05, 0) is 47.5 Å². The van der Waals surface area contributed by atoms with E-state index in [2.05, 4.69) is 36.1 Å². The Labute approximate surface area is 225 Å². The molecule has 0 spiro atoms. The van der Waals surface area contributed by atoms with Crippen molar-refractivity contribution in [2.45, 2.75) is 0 Å². The van der Waals surface area contributed by atoms with E-state index in [-0.39, 0.29) is 5.91 Å². The van der Waals surface area contributed by atoms with Crippen LogP contribution in [0.25, 0.3) is 22.2 Å². The van der Waals surface area contributed by atoms with Gasteiger partial charge in [0.2, 0.25) is 0 Å². The summed E-state index contributed by atoms with van der Waals surface area (Å²) in [6, 6.07) is 22.4. The van der Waals surface area contributed by atoms with Crippen LogP contribution in [-0.2, 0) is 0 Å². The third-order valence-electron chi connectivity index (χ3n) is 6.75. The van der Waals surface area contributed by atoms with Crippen LogP contribution in [0.3, 0.4) is 0 Å². The first-order valence-corrected chi connectivity index (χ1v) is 12.6. The smallest absolute Gasteiger partial charge is 0.255 e. The molecule has 0 radical (unpaired) electrons. The molecule has 1 saturated heterocycles. The summed E-state index contributed by atoms with van der Waals surface area (Å²) in [7, 11) is 0. The van der Waals surface area contributed by atoms with Gasteiger partial charge in [-0.1, -0.05) is 30.3 Å². The number of hydrogen-bond acceptors (Lipinski definition) is 8. The van der Waals surface area contributed by atoms with Crippen LogP contribution in [-0.4, -0.2) is 52.0 Å². The summed E-state index contributed by atoms with van der Waals surface area (Å²) >= 11 is 0. The number of hydrogen-bond donors (Lipinski definition) is 1. The van der Waals surface area contributed by atoms with E-state index in [1.807, 2.05) is 48.7 Å². The molecular weight excluding hydrogens is 488 g/mol. The first-order chi connectivity index (χ1) is 19.2. The van der Waals surface area contributed by atoms with Crippen LogP contribution in [0, 0.1) is 11.3 Å². The monoisotopic (exact) mass is 512 g/mol. The lowest BCUT2D eigenvalue weighted by molar-refractivity contribution is 0.102. The molecule has 1 aliphatic heterocycles. The molecule has 1 amide bonds. The molecule has 5 aromatic rings. The minimum atomic E-state index is -0.224. The van der Waals surface area contributed by atoms with Gasteiger partial charge in [-0.3, -0.25) is 14.8 Å². The third kappa shape index (κ3) is 5.08. The van der Waals surface area contributed by atoms with E-state index in [0.717, 1.165) is 60.0 Å². The second-order valence-electron chi connectivity index (χ2n) is 9.16. The van der Waals surface area contributed by atoms with Crippen molar-refractivity contribution in [2.24, 2.45) is 0 Å². The summed E-state index contributed by atoms with van der Waals surface area (Å²) in [6.45, 7) is 3.23. The highest BCUT2D eigenvalue weighted by atomic mass is 16.1. The number of nitriles is 1. The maximum atomic E-state index is 12.5. The van der Waals surface area contributed by atoms with E-state index in [9.17, 15) is 10.1 Å². The number of nitrogens with zero attached hydrogens (tertiary/aromatic N) is 7. The molecule has 0 saturated carbocycles. The molecule has 2 aromatic heterocycles. The Morgan fingerprint density at radius 1 is 0.821 bits per heavy atom. The number of carbonyl (C=O) groups excluding carboxylic acids is 1. The van der Waals surface area contributed by atoms with Gasteiger partial charge >= 0.3 is 0 Å². The largest absolute Gasteiger partial charge is 0.352 e. The Bertz CT molecular complexity index is 1680. The Balaban J connectivity index is 1.22. The number of aromatic nitrogens is 4. The molecule has 39 heavy (non-hydrogen) atoms. The molecule has 3 aromatic carbocycles. The molecule has 9 heteroatoms. The van der Waals surface area contributed by atoms with E-state index in [4.69, 9.17) is 4.98 Å². The Morgan fingerprint density at radius 2 is 1.62 bits per heavy atom. The minimum Gasteiger partial charge on any atom is -0.352 e. The van der Waals surface area contributed by atoms with Crippen molar-refractivity contribution >= 4 is 34.3 Å². The van der Waals surface area contributed by atoms with Gasteiger partial charge in [-0.15, -0.1) is 0 Å². The average molecular weight is 513 g/mol. The van der Waals surface area contributed by atoms with Crippen molar-refractivity contribution in [3.63, 3.8) is 0 Å². The van der Waals surface area contributed by atoms with Crippen LogP contribution in [0.2, 0.25) is 0 Å². The number of carbonyl (C=O) groups is 1. The van der Waals surface area contributed by atoms with Crippen molar-refractivity contribution < 1.29 is 4.79 Å². The molecule has 1 aliphatic rings. The Kier molecular flexibility index (Phi) is 6.50. The van der Waals surface area contributed by atoms with Crippen molar-refractivity contribution in [1.29, 1.82) is 5.26 Å². The average Bonchev–Trinajstić information content (AvgIpc) is 3.01. The van der Waals surface area contributed by atoms with Gasteiger partial charge in [0, 0.05) is 49.8 Å². The van der Waals surface area contributed by atoms with Gasteiger partial charge in [0.05, 0.1) is 35.1 Å². The molecule has 0 atom stereocenters. The standard InChI is InChI=1S/C30H24N8O/c31-18-23-16-24(35-30(39)21-4-2-1-3-5-21)7-8-25(23)22-6-9-26-27(17-22)36-29(20-34-26)38-14-12-37(13-15-38)28-19-32-10-11-33-28/h1-11,16-17,19-20H,12-15H2,(H,35,39). The van der Waals surface area contributed by atoms with E-state index in [0.29, 0.717) is 16.8 Å². The van der Waals surface area contributed by atoms with Crippen LogP contribution in [0.1, 0.15) is 15.9 Å². The molecule has 1 fully saturated rings. The van der Waals surface area contributed by atoms with E-state index < -0.39 is 0 Å². The summed E-state index contributed by atoms with van der Waals surface area (Å²) in [5, 5.41) is 12.7. The second-order valence-corrected chi connectivity index (χ2v) is 9.16. The zero-order valence-electron chi connectivity index (χ0n) is 21.0. The lowest BCUT2D eigenvalue weighted by Crippen LogP contribution is -2.47. The lowest BCUT2D eigenvalue weighted by atomic mass is 9.99. The maximum Gasteiger partial charge on any atom is 0.255 e. The zero-order chi connectivity index (χ0) is 26.6. The molecular formula is C30H24N8O. The highest BCUT2D eigenvalue weighted by Gasteiger charge is 2.20. The van der Waals surface area contributed by atoms with Crippen molar-refractivity contribution in [1.82, 2.24) is 19.9 Å². The molecule has 0 bridgehead atoms. The normalized spacial score (nSPS) is 13.2. The summed E-state index contributed by atoms with van der Waals surface area (Å²) in [5.41, 5.74) is 4.75. The molecule has 9 nitrogen and oxygen atoms in total. The van der Waals surface area contributed by atoms with Gasteiger partial charge in [0.25, 0.3) is 5.91 Å². The highest BCUT2D eigenvalue weighted by Crippen LogP contribution is 2.29. The molecule has 0 unspecified atom stereocenters. The van der Waals surface area contributed by atoms with Crippen LogP contribution >= 0.6 is 0 Å².